The first-order chi connectivity index (χ1) is 11.7. The van der Waals surface area contributed by atoms with Crippen molar-refractivity contribution in [3.8, 4) is 0 Å². The van der Waals surface area contributed by atoms with Crippen molar-refractivity contribution >= 4 is 6.03 Å². The van der Waals surface area contributed by atoms with E-state index in [0.717, 1.165) is 37.5 Å². The molecule has 2 aromatic rings. The molecular weight excluding hydrogens is 309 g/mol. The van der Waals surface area contributed by atoms with Gasteiger partial charge in [0.25, 0.3) is 0 Å². The molecule has 2 amide bonds. The van der Waals surface area contributed by atoms with Gasteiger partial charge in [0, 0.05) is 38.6 Å². The zero-order chi connectivity index (χ0) is 16.8. The maximum atomic E-state index is 13.2. The number of amides is 2. The number of hydrogen-bond acceptors (Lipinski definition) is 3. The van der Waals surface area contributed by atoms with Gasteiger partial charge in [0.05, 0.1) is 6.26 Å². The van der Waals surface area contributed by atoms with Crippen molar-refractivity contribution in [2.24, 2.45) is 0 Å². The van der Waals surface area contributed by atoms with Gasteiger partial charge in [-0.3, -0.25) is 0 Å². The monoisotopic (exact) mass is 331 g/mol. The summed E-state index contributed by atoms with van der Waals surface area (Å²) in [6, 6.07) is 10.1. The van der Waals surface area contributed by atoms with Crippen molar-refractivity contribution in [3.63, 3.8) is 0 Å². The lowest BCUT2D eigenvalue weighted by atomic mass is 9.93. The van der Waals surface area contributed by atoms with Gasteiger partial charge in [-0.1, -0.05) is 12.1 Å². The Kier molecular flexibility index (Phi) is 5.48. The van der Waals surface area contributed by atoms with Crippen molar-refractivity contribution in [3.05, 3.63) is 59.8 Å². The molecule has 0 spiro atoms. The van der Waals surface area contributed by atoms with Crippen molar-refractivity contribution in [1.82, 2.24) is 15.5 Å². The van der Waals surface area contributed by atoms with Gasteiger partial charge in [0.1, 0.15) is 11.6 Å². The molecule has 128 valence electrons. The van der Waals surface area contributed by atoms with Gasteiger partial charge in [-0.15, -0.1) is 0 Å². The van der Waals surface area contributed by atoms with Gasteiger partial charge in [-0.25, -0.2) is 9.18 Å². The van der Waals surface area contributed by atoms with Gasteiger partial charge in [0.2, 0.25) is 0 Å². The fourth-order valence-corrected chi connectivity index (χ4v) is 2.96. The highest BCUT2D eigenvalue weighted by atomic mass is 19.1. The maximum Gasteiger partial charge on any atom is 0.317 e. The van der Waals surface area contributed by atoms with Crippen LogP contribution in [0.2, 0.25) is 0 Å². The molecule has 0 radical (unpaired) electrons. The predicted molar refractivity (Wildman–Crippen MR) is 89.4 cm³/mol. The Hall–Kier alpha value is -2.34. The number of rotatable bonds is 5. The van der Waals surface area contributed by atoms with Crippen LogP contribution in [0.4, 0.5) is 9.18 Å². The smallest absolute Gasteiger partial charge is 0.317 e. The summed E-state index contributed by atoms with van der Waals surface area (Å²) in [5, 5.41) is 6.19. The van der Waals surface area contributed by atoms with E-state index in [1.54, 1.807) is 18.4 Å². The van der Waals surface area contributed by atoms with E-state index in [-0.39, 0.29) is 17.8 Å². The topological polar surface area (TPSA) is 57.5 Å². The minimum Gasteiger partial charge on any atom is -0.469 e. The fourth-order valence-electron chi connectivity index (χ4n) is 2.96. The van der Waals surface area contributed by atoms with Crippen LogP contribution in [0.5, 0.6) is 0 Å². The van der Waals surface area contributed by atoms with E-state index in [1.165, 1.54) is 12.1 Å². The molecule has 6 heteroatoms. The van der Waals surface area contributed by atoms with Crippen LogP contribution < -0.4 is 10.6 Å². The minimum absolute atomic E-state index is 0.0103. The predicted octanol–water partition coefficient (Wildman–Crippen LogP) is 2.56. The van der Waals surface area contributed by atoms with Crippen LogP contribution in [0.25, 0.3) is 0 Å². The lowest BCUT2D eigenvalue weighted by Gasteiger charge is -2.27. The van der Waals surface area contributed by atoms with Crippen LogP contribution in [0.15, 0.2) is 47.1 Å². The van der Waals surface area contributed by atoms with Gasteiger partial charge >= 0.3 is 6.03 Å². The third-order valence-electron chi connectivity index (χ3n) is 4.27. The first kappa shape index (κ1) is 16.5. The van der Waals surface area contributed by atoms with Gasteiger partial charge in [-0.2, -0.15) is 0 Å². The third kappa shape index (κ3) is 4.14. The Morgan fingerprint density at radius 3 is 2.67 bits per heavy atom. The molecular formula is C18H22FN3O2. The largest absolute Gasteiger partial charge is 0.469 e. The molecule has 1 aromatic carbocycles. The second kappa shape index (κ2) is 7.97. The van der Waals surface area contributed by atoms with Crippen molar-refractivity contribution in [1.29, 1.82) is 0 Å². The second-order valence-electron chi connectivity index (χ2n) is 5.88. The number of carbonyl (C=O) groups is 1. The molecule has 2 heterocycles. The molecule has 0 aliphatic carbocycles. The van der Waals surface area contributed by atoms with Gasteiger partial charge in [0.15, 0.2) is 0 Å². The number of carbonyl (C=O) groups excluding carboxylic acids is 1. The zero-order valence-corrected chi connectivity index (χ0v) is 13.5. The highest BCUT2D eigenvalue weighted by Crippen LogP contribution is 2.28. The van der Waals surface area contributed by atoms with E-state index >= 15 is 0 Å². The Morgan fingerprint density at radius 2 is 2.00 bits per heavy atom. The summed E-state index contributed by atoms with van der Waals surface area (Å²) < 4.78 is 18.7. The first-order valence-electron chi connectivity index (χ1n) is 8.26. The number of halogens is 1. The zero-order valence-electron chi connectivity index (χ0n) is 13.5. The second-order valence-corrected chi connectivity index (χ2v) is 5.88. The van der Waals surface area contributed by atoms with Crippen LogP contribution in [-0.4, -0.2) is 43.7 Å². The maximum absolute atomic E-state index is 13.2. The van der Waals surface area contributed by atoms with E-state index in [2.05, 4.69) is 10.6 Å². The summed E-state index contributed by atoms with van der Waals surface area (Å²) in [4.78, 5) is 14.0. The summed E-state index contributed by atoms with van der Waals surface area (Å²) in [6.07, 6.45) is 2.32. The number of piperazine rings is 1. The highest BCUT2D eigenvalue weighted by molar-refractivity contribution is 5.74. The molecule has 0 saturated carbocycles. The van der Waals surface area contributed by atoms with Crippen molar-refractivity contribution in [2.75, 3.05) is 32.7 Å². The number of nitrogens with one attached hydrogen (secondary N) is 2. The molecule has 3 rings (SSSR count). The lowest BCUT2D eigenvalue weighted by molar-refractivity contribution is 0.190. The molecule has 0 bridgehead atoms. The normalized spacial score (nSPS) is 16.0. The van der Waals surface area contributed by atoms with E-state index in [4.69, 9.17) is 4.42 Å². The molecule has 1 saturated heterocycles. The Labute approximate surface area is 140 Å². The summed E-state index contributed by atoms with van der Waals surface area (Å²) in [5.74, 6) is 0.547. The number of urea groups is 1. The van der Waals surface area contributed by atoms with Crippen LogP contribution in [0.3, 0.4) is 0 Å². The Morgan fingerprint density at radius 1 is 1.25 bits per heavy atom. The van der Waals surface area contributed by atoms with E-state index < -0.39 is 0 Å². The molecule has 1 atom stereocenters. The number of hydrogen-bond donors (Lipinski definition) is 2. The fraction of sp³-hybridized carbons (Fsp3) is 0.389. The quantitative estimate of drug-likeness (QED) is 0.885. The molecule has 1 aliphatic heterocycles. The molecule has 0 unspecified atom stereocenters. The number of furan rings is 1. The van der Waals surface area contributed by atoms with Crippen molar-refractivity contribution < 1.29 is 13.6 Å². The average molecular weight is 331 g/mol. The molecule has 2 N–H and O–H groups in total. The number of benzene rings is 1. The highest BCUT2D eigenvalue weighted by Gasteiger charge is 2.19. The SMILES string of the molecule is O=C(NCC[C@@H](c1ccc(F)cc1)c1ccco1)N1CCNCC1. The molecule has 24 heavy (non-hydrogen) atoms. The first-order valence-corrected chi connectivity index (χ1v) is 8.26. The van der Waals surface area contributed by atoms with Crippen LogP contribution in [-0.2, 0) is 0 Å². The Bertz CT molecular complexity index is 637. The van der Waals surface area contributed by atoms with E-state index in [0.29, 0.717) is 13.0 Å². The molecule has 1 aliphatic rings. The standard InChI is InChI=1S/C18H22FN3O2/c19-15-5-3-14(4-6-15)16(17-2-1-13-24-17)7-8-21-18(23)22-11-9-20-10-12-22/h1-6,13,16,20H,7-12H2,(H,21,23)/t16-/m0/s1. The summed E-state index contributed by atoms with van der Waals surface area (Å²) >= 11 is 0. The molecule has 5 nitrogen and oxygen atoms in total. The summed E-state index contributed by atoms with van der Waals surface area (Å²) in [7, 11) is 0. The summed E-state index contributed by atoms with van der Waals surface area (Å²) in [5.41, 5.74) is 0.975. The number of nitrogens with zero attached hydrogens (tertiary/aromatic N) is 1. The average Bonchev–Trinajstić information content (AvgIpc) is 3.15. The van der Waals surface area contributed by atoms with Crippen LogP contribution >= 0.6 is 0 Å². The molecule has 1 fully saturated rings. The third-order valence-corrected chi connectivity index (χ3v) is 4.27. The van der Waals surface area contributed by atoms with Crippen LogP contribution in [0.1, 0.15) is 23.7 Å². The van der Waals surface area contributed by atoms with Crippen LogP contribution in [0, 0.1) is 5.82 Å². The van der Waals surface area contributed by atoms with Gasteiger partial charge < -0.3 is 20.0 Å². The summed E-state index contributed by atoms with van der Waals surface area (Å²) in [6.45, 7) is 3.65. The van der Waals surface area contributed by atoms with E-state index in [1.807, 2.05) is 17.0 Å². The lowest BCUT2D eigenvalue weighted by Crippen LogP contribution is -2.50. The van der Waals surface area contributed by atoms with E-state index in [9.17, 15) is 9.18 Å². The minimum atomic E-state index is -0.260. The van der Waals surface area contributed by atoms with Crippen molar-refractivity contribution in [2.45, 2.75) is 12.3 Å². The molecule has 1 aromatic heterocycles. The van der Waals surface area contributed by atoms with Gasteiger partial charge in [-0.05, 0) is 36.2 Å². The Balaban J connectivity index is 1.60.